The first kappa shape index (κ1) is 22.2. The molecule has 6 nitrogen and oxygen atoms in total. The molecule has 0 aromatic heterocycles. The van der Waals surface area contributed by atoms with Crippen molar-refractivity contribution in [2.75, 3.05) is 26.3 Å². The molecule has 2 aliphatic rings. The maximum Gasteiger partial charge on any atom is 0.254 e. The summed E-state index contributed by atoms with van der Waals surface area (Å²) in [6, 6.07) is 11.2. The molecule has 2 aromatic carbocycles. The van der Waals surface area contributed by atoms with Crippen molar-refractivity contribution in [3.8, 4) is 11.5 Å². The first-order chi connectivity index (χ1) is 15.6. The highest BCUT2D eigenvalue weighted by atomic mass is 16.5. The maximum absolute atomic E-state index is 13.5. The highest BCUT2D eigenvalue weighted by molar-refractivity contribution is 6.01. The van der Waals surface area contributed by atoms with Crippen LogP contribution in [0, 0.1) is 0 Å². The first-order valence-electron chi connectivity index (χ1n) is 11.7. The fourth-order valence-corrected chi connectivity index (χ4v) is 4.85. The van der Waals surface area contributed by atoms with Gasteiger partial charge in [0.2, 0.25) is 5.91 Å². The highest BCUT2D eigenvalue weighted by Gasteiger charge is 2.46. The predicted molar refractivity (Wildman–Crippen MR) is 123 cm³/mol. The number of nitrogens with one attached hydrogen (secondary N) is 1. The van der Waals surface area contributed by atoms with Gasteiger partial charge in [-0.15, -0.1) is 0 Å². The second-order valence-electron chi connectivity index (χ2n) is 8.27. The zero-order chi connectivity index (χ0) is 22.7. The zero-order valence-corrected chi connectivity index (χ0v) is 19.1. The molecule has 0 spiro atoms. The largest absolute Gasteiger partial charge is 0.490 e. The molecule has 0 aliphatic carbocycles. The van der Waals surface area contributed by atoms with Gasteiger partial charge in [0.15, 0.2) is 11.5 Å². The minimum absolute atomic E-state index is 0.0132. The lowest BCUT2D eigenvalue weighted by atomic mass is 9.75. The van der Waals surface area contributed by atoms with E-state index < -0.39 is 5.92 Å². The first-order valence-corrected chi connectivity index (χ1v) is 11.7. The molecule has 2 amide bonds. The Hall–Kier alpha value is -3.02. The second-order valence-corrected chi connectivity index (χ2v) is 8.27. The van der Waals surface area contributed by atoms with Crippen LogP contribution in [-0.2, 0) is 11.2 Å². The summed E-state index contributed by atoms with van der Waals surface area (Å²) in [6.07, 6.45) is 2.66. The molecule has 2 aromatic rings. The summed E-state index contributed by atoms with van der Waals surface area (Å²) in [6.45, 7) is 8.25. The second kappa shape index (κ2) is 9.63. The number of fused-ring (bicyclic) bond motifs is 4. The van der Waals surface area contributed by atoms with Gasteiger partial charge < -0.3 is 19.7 Å². The fourth-order valence-electron chi connectivity index (χ4n) is 4.85. The lowest BCUT2D eigenvalue weighted by Crippen LogP contribution is -2.50. The van der Waals surface area contributed by atoms with Gasteiger partial charge in [-0.2, -0.15) is 0 Å². The Morgan fingerprint density at radius 1 is 1.06 bits per heavy atom. The van der Waals surface area contributed by atoms with Crippen molar-refractivity contribution in [1.29, 1.82) is 0 Å². The summed E-state index contributed by atoms with van der Waals surface area (Å²) in [7, 11) is 0. The molecule has 0 saturated heterocycles. The van der Waals surface area contributed by atoms with Gasteiger partial charge in [0, 0.05) is 18.7 Å². The zero-order valence-electron chi connectivity index (χ0n) is 19.1. The Labute approximate surface area is 189 Å². The molecular weight excluding hydrogens is 404 g/mol. The van der Waals surface area contributed by atoms with Crippen LogP contribution in [0.2, 0.25) is 0 Å². The number of hydrogen-bond donors (Lipinski definition) is 1. The summed E-state index contributed by atoms with van der Waals surface area (Å²) < 4.78 is 11.7. The van der Waals surface area contributed by atoms with Gasteiger partial charge >= 0.3 is 0 Å². The van der Waals surface area contributed by atoms with E-state index in [-0.39, 0.29) is 17.9 Å². The van der Waals surface area contributed by atoms with E-state index in [1.165, 1.54) is 0 Å². The summed E-state index contributed by atoms with van der Waals surface area (Å²) in [5.41, 5.74) is 3.50. The standard InChI is InChI=1S/C26H32N2O4/c1-4-7-13-27-25(29)23-18-10-8-9-11-19(18)26(30)28-14-12-17-15-21(31-5-2)22(32-6-3)16-20(17)24(23)28/h8-11,15-16,23-24H,4-7,12-14H2,1-3H3,(H,27,29)/t23-,24+/m0/s1. The van der Waals surface area contributed by atoms with Gasteiger partial charge in [0.05, 0.1) is 25.2 Å². The Bertz CT molecular complexity index is 1000. The number of amides is 2. The molecule has 0 bridgehead atoms. The van der Waals surface area contributed by atoms with Crippen LogP contribution < -0.4 is 14.8 Å². The quantitative estimate of drug-likeness (QED) is 0.629. The number of hydrogen-bond acceptors (Lipinski definition) is 4. The fraction of sp³-hybridized carbons (Fsp3) is 0.462. The van der Waals surface area contributed by atoms with Crippen LogP contribution in [0.3, 0.4) is 0 Å². The third kappa shape index (κ3) is 3.94. The lowest BCUT2D eigenvalue weighted by Gasteiger charge is -2.45. The van der Waals surface area contributed by atoms with E-state index in [4.69, 9.17) is 9.47 Å². The molecule has 32 heavy (non-hydrogen) atoms. The van der Waals surface area contributed by atoms with Gasteiger partial charge in [-0.3, -0.25) is 9.59 Å². The van der Waals surface area contributed by atoms with Gasteiger partial charge in [0.1, 0.15) is 0 Å². The predicted octanol–water partition coefficient (Wildman–Crippen LogP) is 4.24. The van der Waals surface area contributed by atoms with E-state index in [2.05, 4.69) is 12.2 Å². The number of rotatable bonds is 8. The number of ether oxygens (including phenoxy) is 2. The summed E-state index contributed by atoms with van der Waals surface area (Å²) in [4.78, 5) is 28.8. The van der Waals surface area contributed by atoms with E-state index in [0.717, 1.165) is 36.0 Å². The van der Waals surface area contributed by atoms with Crippen LogP contribution in [0.25, 0.3) is 0 Å². The molecule has 4 rings (SSSR count). The lowest BCUT2D eigenvalue weighted by molar-refractivity contribution is -0.124. The van der Waals surface area contributed by atoms with Crippen LogP contribution >= 0.6 is 0 Å². The Kier molecular flexibility index (Phi) is 6.68. The van der Waals surface area contributed by atoms with Crippen molar-refractivity contribution in [3.63, 3.8) is 0 Å². The molecule has 0 fully saturated rings. The molecule has 6 heteroatoms. The Morgan fingerprint density at radius 2 is 1.78 bits per heavy atom. The molecule has 1 N–H and O–H groups in total. The van der Waals surface area contributed by atoms with Crippen molar-refractivity contribution in [1.82, 2.24) is 10.2 Å². The Balaban J connectivity index is 1.83. The smallest absolute Gasteiger partial charge is 0.254 e. The van der Waals surface area contributed by atoms with E-state index in [9.17, 15) is 9.59 Å². The summed E-state index contributed by atoms with van der Waals surface area (Å²) >= 11 is 0. The normalized spacial score (nSPS) is 19.0. The molecule has 0 saturated carbocycles. The van der Waals surface area contributed by atoms with E-state index in [0.29, 0.717) is 43.4 Å². The van der Waals surface area contributed by atoms with E-state index in [1.807, 2.05) is 55.1 Å². The van der Waals surface area contributed by atoms with E-state index in [1.54, 1.807) is 0 Å². The molecule has 2 heterocycles. The molecule has 0 radical (unpaired) electrons. The van der Waals surface area contributed by atoms with Crippen LogP contribution in [0.5, 0.6) is 11.5 Å². The van der Waals surface area contributed by atoms with Crippen LogP contribution in [0.1, 0.15) is 72.6 Å². The van der Waals surface area contributed by atoms with Crippen molar-refractivity contribution >= 4 is 11.8 Å². The molecule has 2 atom stereocenters. The molecular formula is C26H32N2O4. The monoisotopic (exact) mass is 436 g/mol. The van der Waals surface area contributed by atoms with Crippen molar-refractivity contribution < 1.29 is 19.1 Å². The van der Waals surface area contributed by atoms with Crippen LogP contribution in [-0.4, -0.2) is 43.0 Å². The summed E-state index contributed by atoms with van der Waals surface area (Å²) in [5, 5.41) is 3.11. The van der Waals surface area contributed by atoms with Crippen molar-refractivity contribution in [2.24, 2.45) is 0 Å². The Morgan fingerprint density at radius 3 is 2.50 bits per heavy atom. The van der Waals surface area contributed by atoms with E-state index >= 15 is 0 Å². The van der Waals surface area contributed by atoms with Crippen molar-refractivity contribution in [3.05, 3.63) is 58.7 Å². The maximum atomic E-state index is 13.5. The number of benzene rings is 2. The van der Waals surface area contributed by atoms with Gasteiger partial charge in [-0.05, 0) is 61.6 Å². The number of nitrogens with zero attached hydrogens (tertiary/aromatic N) is 1. The molecule has 2 aliphatic heterocycles. The van der Waals surface area contributed by atoms with Crippen LogP contribution in [0.4, 0.5) is 0 Å². The number of carbonyl (C=O) groups is 2. The average Bonchev–Trinajstić information content (AvgIpc) is 2.80. The molecule has 170 valence electrons. The van der Waals surface area contributed by atoms with Crippen molar-refractivity contribution in [2.45, 2.75) is 52.0 Å². The number of unbranched alkanes of at least 4 members (excludes halogenated alkanes) is 1. The minimum Gasteiger partial charge on any atom is -0.490 e. The molecule has 0 unspecified atom stereocenters. The number of carbonyl (C=O) groups excluding carboxylic acids is 2. The van der Waals surface area contributed by atoms with Gasteiger partial charge in [0.25, 0.3) is 5.91 Å². The average molecular weight is 437 g/mol. The highest BCUT2D eigenvalue weighted by Crippen LogP contribution is 2.48. The minimum atomic E-state index is -0.466. The third-order valence-electron chi connectivity index (χ3n) is 6.30. The topological polar surface area (TPSA) is 67.9 Å². The third-order valence-corrected chi connectivity index (χ3v) is 6.30. The van der Waals surface area contributed by atoms with Gasteiger partial charge in [-0.1, -0.05) is 31.5 Å². The summed E-state index contributed by atoms with van der Waals surface area (Å²) in [5.74, 6) is 0.862. The SMILES string of the molecule is CCCCNC(=O)[C@H]1c2ccccc2C(=O)N2CCc3cc(OCC)c(OCC)cc3[C@H]12. The van der Waals surface area contributed by atoms with Gasteiger partial charge in [-0.25, -0.2) is 0 Å². The van der Waals surface area contributed by atoms with Crippen LogP contribution in [0.15, 0.2) is 36.4 Å².